The van der Waals surface area contributed by atoms with Crippen LogP contribution in [0.5, 0.6) is 5.75 Å². The summed E-state index contributed by atoms with van der Waals surface area (Å²) in [5.74, 6) is -0.583. The first-order valence-electron chi connectivity index (χ1n) is 7.79. The number of hydrogen-bond donors (Lipinski definition) is 2. The number of nitrogens with zero attached hydrogens (tertiary/aromatic N) is 1. The van der Waals surface area contributed by atoms with Crippen molar-refractivity contribution in [3.63, 3.8) is 0 Å². The van der Waals surface area contributed by atoms with E-state index in [2.05, 4.69) is 10.9 Å². The van der Waals surface area contributed by atoms with Crippen LogP contribution in [0.15, 0.2) is 52.9 Å². The zero-order valence-electron chi connectivity index (χ0n) is 13.9. The molecule has 0 bridgehead atoms. The summed E-state index contributed by atoms with van der Waals surface area (Å²) in [5, 5.41) is 9.66. The monoisotopic (exact) mass is 349 g/mol. The van der Waals surface area contributed by atoms with Crippen molar-refractivity contribution in [2.24, 2.45) is 0 Å². The quantitative estimate of drug-likeness (QED) is 0.704. The Morgan fingerprint density at radius 2 is 1.96 bits per heavy atom. The summed E-state index contributed by atoms with van der Waals surface area (Å²) in [4.78, 5) is 24.0. The first kappa shape index (κ1) is 17.0. The third-order valence-electron chi connectivity index (χ3n) is 3.70. The molecule has 0 saturated heterocycles. The third-order valence-corrected chi connectivity index (χ3v) is 3.70. The fourth-order valence-electron chi connectivity index (χ4n) is 2.41. The highest BCUT2D eigenvalue weighted by Gasteiger charge is 2.17. The molecule has 26 heavy (non-hydrogen) atoms. The van der Waals surface area contributed by atoms with Gasteiger partial charge in [0, 0.05) is 10.9 Å². The number of nitrogens with one attached hydrogen (secondary N) is 2. The lowest BCUT2D eigenvalue weighted by molar-refractivity contribution is -0.123. The fourth-order valence-corrected chi connectivity index (χ4v) is 2.41. The average Bonchev–Trinajstić information content (AvgIpc) is 3.01. The molecule has 1 aromatic heterocycles. The second-order valence-electron chi connectivity index (χ2n) is 5.48. The largest absolute Gasteiger partial charge is 0.484 e. The smallest absolute Gasteiger partial charge is 0.305 e. The number of ether oxygens (including phenoxy) is 1. The van der Waals surface area contributed by atoms with Gasteiger partial charge < -0.3 is 9.15 Å². The lowest BCUT2D eigenvalue weighted by Crippen LogP contribution is -2.43. The lowest BCUT2D eigenvalue weighted by atomic mass is 10.1. The number of nitriles is 1. The Balaban J connectivity index is 1.56. The number of furan rings is 1. The summed E-state index contributed by atoms with van der Waals surface area (Å²) in [7, 11) is 0. The Hall–Kier alpha value is -3.79. The van der Waals surface area contributed by atoms with Crippen LogP contribution in [0.4, 0.5) is 0 Å². The highest BCUT2D eigenvalue weighted by Crippen LogP contribution is 2.24. The number of amides is 2. The van der Waals surface area contributed by atoms with E-state index < -0.39 is 11.8 Å². The average molecular weight is 349 g/mol. The van der Waals surface area contributed by atoms with Gasteiger partial charge in [-0.2, -0.15) is 5.26 Å². The SMILES string of the molecule is Cc1c(C(=O)NNC(=O)COc2cccc(C#N)c2)oc2ccccc12. The second kappa shape index (κ2) is 7.40. The van der Waals surface area contributed by atoms with Crippen molar-refractivity contribution in [2.45, 2.75) is 6.92 Å². The highest BCUT2D eigenvalue weighted by atomic mass is 16.5. The molecule has 3 rings (SSSR count). The Morgan fingerprint density at radius 3 is 2.73 bits per heavy atom. The number of hydrazine groups is 1. The molecule has 0 spiro atoms. The summed E-state index contributed by atoms with van der Waals surface area (Å²) in [5.41, 5.74) is 6.28. The minimum atomic E-state index is -0.557. The van der Waals surface area contributed by atoms with Gasteiger partial charge in [-0.1, -0.05) is 24.3 Å². The molecule has 130 valence electrons. The van der Waals surface area contributed by atoms with Crippen molar-refractivity contribution >= 4 is 22.8 Å². The zero-order valence-corrected chi connectivity index (χ0v) is 13.9. The molecule has 0 saturated carbocycles. The van der Waals surface area contributed by atoms with Gasteiger partial charge in [0.2, 0.25) is 0 Å². The predicted octanol–water partition coefficient (Wildman–Crippen LogP) is 2.45. The maximum Gasteiger partial charge on any atom is 0.305 e. The zero-order chi connectivity index (χ0) is 18.5. The van der Waals surface area contributed by atoms with Gasteiger partial charge >= 0.3 is 5.91 Å². The van der Waals surface area contributed by atoms with Crippen LogP contribution in [0, 0.1) is 18.3 Å². The molecule has 0 unspecified atom stereocenters. The van der Waals surface area contributed by atoms with Crippen LogP contribution in [0.2, 0.25) is 0 Å². The highest BCUT2D eigenvalue weighted by molar-refractivity contribution is 5.99. The fraction of sp³-hybridized carbons (Fsp3) is 0.105. The molecule has 2 amide bonds. The first-order chi connectivity index (χ1) is 12.6. The molecule has 0 atom stereocenters. The number of para-hydroxylation sites is 1. The number of aryl methyl sites for hydroxylation is 1. The van der Waals surface area contributed by atoms with Crippen molar-refractivity contribution in [2.75, 3.05) is 6.61 Å². The summed E-state index contributed by atoms with van der Waals surface area (Å²) in [6.45, 7) is 1.46. The molecule has 0 radical (unpaired) electrons. The summed E-state index contributed by atoms with van der Waals surface area (Å²) >= 11 is 0. The molecule has 7 heteroatoms. The normalized spacial score (nSPS) is 10.2. The van der Waals surface area contributed by atoms with Crippen LogP contribution >= 0.6 is 0 Å². The van der Waals surface area contributed by atoms with Crippen LogP contribution in [0.3, 0.4) is 0 Å². The summed E-state index contributed by atoms with van der Waals surface area (Å²) < 4.78 is 10.8. The number of carbonyl (C=O) groups excluding carboxylic acids is 2. The van der Waals surface area contributed by atoms with E-state index in [0.29, 0.717) is 22.5 Å². The summed E-state index contributed by atoms with van der Waals surface area (Å²) in [6, 6.07) is 15.7. The van der Waals surface area contributed by atoms with E-state index in [4.69, 9.17) is 14.4 Å². The maximum absolute atomic E-state index is 12.2. The van der Waals surface area contributed by atoms with E-state index in [1.807, 2.05) is 24.3 Å². The van der Waals surface area contributed by atoms with Gasteiger partial charge in [-0.15, -0.1) is 0 Å². The molecular weight excluding hydrogens is 334 g/mol. The topological polar surface area (TPSA) is 104 Å². The van der Waals surface area contributed by atoms with Crippen LogP contribution in [0.1, 0.15) is 21.7 Å². The van der Waals surface area contributed by atoms with Gasteiger partial charge in [0.25, 0.3) is 5.91 Å². The molecule has 2 N–H and O–H groups in total. The van der Waals surface area contributed by atoms with Crippen LogP contribution in [-0.4, -0.2) is 18.4 Å². The van der Waals surface area contributed by atoms with Gasteiger partial charge in [-0.3, -0.25) is 20.4 Å². The van der Waals surface area contributed by atoms with Gasteiger partial charge in [-0.05, 0) is 31.2 Å². The van der Waals surface area contributed by atoms with E-state index in [1.165, 1.54) is 6.07 Å². The van der Waals surface area contributed by atoms with Gasteiger partial charge in [0.15, 0.2) is 12.4 Å². The van der Waals surface area contributed by atoms with Crippen LogP contribution in [0.25, 0.3) is 11.0 Å². The predicted molar refractivity (Wildman–Crippen MR) is 93.2 cm³/mol. The minimum Gasteiger partial charge on any atom is -0.484 e. The molecule has 0 aliphatic heterocycles. The van der Waals surface area contributed by atoms with Crippen LogP contribution < -0.4 is 15.6 Å². The first-order valence-corrected chi connectivity index (χ1v) is 7.79. The maximum atomic E-state index is 12.2. The van der Waals surface area contributed by atoms with E-state index in [-0.39, 0.29) is 12.4 Å². The van der Waals surface area contributed by atoms with E-state index in [0.717, 1.165) is 5.39 Å². The Kier molecular flexibility index (Phi) is 4.85. The number of benzene rings is 2. The molecule has 0 aliphatic carbocycles. The minimum absolute atomic E-state index is 0.133. The standard InChI is InChI=1S/C19H15N3O4/c1-12-15-7-2-3-8-16(15)26-18(12)19(24)22-21-17(23)11-25-14-6-4-5-13(9-14)10-20/h2-9H,11H2,1H3,(H,21,23)(H,22,24). The Labute approximate surface area is 149 Å². The van der Waals surface area contributed by atoms with Crippen LogP contribution in [-0.2, 0) is 4.79 Å². The molecule has 7 nitrogen and oxygen atoms in total. The molecular formula is C19H15N3O4. The molecule has 3 aromatic rings. The second-order valence-corrected chi connectivity index (χ2v) is 5.48. The van der Waals surface area contributed by atoms with Crippen molar-refractivity contribution in [1.29, 1.82) is 5.26 Å². The molecule has 0 aliphatic rings. The Bertz CT molecular complexity index is 1020. The van der Waals surface area contributed by atoms with E-state index >= 15 is 0 Å². The van der Waals surface area contributed by atoms with E-state index in [1.54, 1.807) is 31.2 Å². The van der Waals surface area contributed by atoms with Crippen molar-refractivity contribution in [3.8, 4) is 11.8 Å². The lowest BCUT2D eigenvalue weighted by Gasteiger charge is -2.08. The van der Waals surface area contributed by atoms with Gasteiger partial charge in [0.1, 0.15) is 11.3 Å². The van der Waals surface area contributed by atoms with Gasteiger partial charge in [-0.25, -0.2) is 0 Å². The number of rotatable bonds is 4. The number of carbonyl (C=O) groups is 2. The van der Waals surface area contributed by atoms with E-state index in [9.17, 15) is 9.59 Å². The van der Waals surface area contributed by atoms with Crippen molar-refractivity contribution in [3.05, 3.63) is 65.4 Å². The van der Waals surface area contributed by atoms with Gasteiger partial charge in [0.05, 0.1) is 11.6 Å². The Morgan fingerprint density at radius 1 is 1.15 bits per heavy atom. The number of hydrogen-bond acceptors (Lipinski definition) is 5. The molecule has 2 aromatic carbocycles. The van der Waals surface area contributed by atoms with Crippen molar-refractivity contribution < 1.29 is 18.7 Å². The molecule has 1 heterocycles. The number of fused-ring (bicyclic) bond motifs is 1. The van der Waals surface area contributed by atoms with Crippen molar-refractivity contribution in [1.82, 2.24) is 10.9 Å². The molecule has 0 fully saturated rings. The third kappa shape index (κ3) is 3.65. The summed E-state index contributed by atoms with van der Waals surface area (Å²) in [6.07, 6.45) is 0.